The number of benzene rings is 2. The predicted octanol–water partition coefficient (Wildman–Crippen LogP) is 5.08. The Morgan fingerprint density at radius 2 is 1.81 bits per heavy atom. The number of hydrogen-bond donors (Lipinski definition) is 2. The van der Waals surface area contributed by atoms with E-state index in [1.54, 1.807) is 22.6 Å². The Bertz CT molecular complexity index is 683. The van der Waals surface area contributed by atoms with Gasteiger partial charge in [0.15, 0.2) is 0 Å². The zero-order valence-electron chi connectivity index (χ0n) is 10.9. The summed E-state index contributed by atoms with van der Waals surface area (Å²) in [6, 6.07) is 6.39. The van der Waals surface area contributed by atoms with Crippen molar-refractivity contribution in [2.45, 2.75) is 13.1 Å². The van der Waals surface area contributed by atoms with Crippen molar-refractivity contribution in [3.05, 3.63) is 50.8 Å². The van der Waals surface area contributed by atoms with E-state index in [0.29, 0.717) is 3.57 Å². The lowest BCUT2D eigenvalue weighted by molar-refractivity contribution is -0.138. The molecule has 0 saturated carbocycles. The number of halogens is 5. The van der Waals surface area contributed by atoms with Crippen LogP contribution in [-0.4, -0.2) is 0 Å². The maximum absolute atomic E-state index is 13.5. The first-order valence-electron chi connectivity index (χ1n) is 5.88. The van der Waals surface area contributed by atoms with Crippen molar-refractivity contribution < 1.29 is 17.6 Å². The second-order valence-electron chi connectivity index (χ2n) is 4.51. The summed E-state index contributed by atoms with van der Waals surface area (Å²) in [6.07, 6.45) is -4.44. The normalized spacial score (nSPS) is 11.5. The molecule has 0 aromatic heterocycles. The van der Waals surface area contributed by atoms with Gasteiger partial charge in [0, 0.05) is 11.8 Å². The van der Waals surface area contributed by atoms with Gasteiger partial charge in [-0.25, -0.2) is 4.39 Å². The van der Waals surface area contributed by atoms with Gasteiger partial charge in [-0.05, 0) is 53.3 Å². The molecule has 0 radical (unpaired) electrons. The number of nitrogens with two attached hydrogens (primary N) is 1. The van der Waals surface area contributed by atoms with Crippen LogP contribution in [-0.2, 0) is 6.18 Å². The van der Waals surface area contributed by atoms with E-state index in [0.717, 1.165) is 12.1 Å². The highest BCUT2D eigenvalue weighted by Gasteiger charge is 2.32. The van der Waals surface area contributed by atoms with Crippen molar-refractivity contribution in [3.8, 4) is 0 Å². The molecule has 2 aromatic carbocycles. The Balaban J connectivity index is 2.39. The van der Waals surface area contributed by atoms with Crippen LogP contribution in [0.5, 0.6) is 0 Å². The van der Waals surface area contributed by atoms with Crippen LogP contribution in [0.2, 0.25) is 0 Å². The molecule has 2 rings (SSSR count). The van der Waals surface area contributed by atoms with Crippen molar-refractivity contribution in [2.24, 2.45) is 0 Å². The molecule has 0 aliphatic rings. The zero-order chi connectivity index (χ0) is 15.8. The second-order valence-corrected chi connectivity index (χ2v) is 5.67. The molecule has 0 spiro atoms. The summed E-state index contributed by atoms with van der Waals surface area (Å²) < 4.78 is 52.4. The topological polar surface area (TPSA) is 38.0 Å². The van der Waals surface area contributed by atoms with Crippen LogP contribution >= 0.6 is 22.6 Å². The molecule has 0 saturated heterocycles. The van der Waals surface area contributed by atoms with Crippen LogP contribution in [0.1, 0.15) is 11.1 Å². The second kappa shape index (κ2) is 5.70. The zero-order valence-corrected chi connectivity index (χ0v) is 13.0. The molecule has 3 N–H and O–H groups in total. The number of alkyl halides is 3. The van der Waals surface area contributed by atoms with Gasteiger partial charge >= 0.3 is 6.18 Å². The van der Waals surface area contributed by atoms with Gasteiger partial charge in [-0.1, -0.05) is 6.07 Å². The maximum Gasteiger partial charge on any atom is 0.416 e. The molecule has 112 valence electrons. The Morgan fingerprint density at radius 1 is 1.14 bits per heavy atom. The SMILES string of the molecule is Cc1ccc(Nc2cc(F)c(I)cc2N)cc1C(F)(F)F. The van der Waals surface area contributed by atoms with E-state index in [9.17, 15) is 17.6 Å². The number of nitrogens with one attached hydrogen (secondary N) is 1. The Labute approximate surface area is 132 Å². The average Bonchev–Trinajstić information content (AvgIpc) is 2.37. The molecular weight excluding hydrogens is 399 g/mol. The Hall–Kier alpha value is -1.51. The molecule has 0 unspecified atom stereocenters. The minimum absolute atomic E-state index is 0.120. The molecule has 0 amide bonds. The van der Waals surface area contributed by atoms with Crippen molar-refractivity contribution in [2.75, 3.05) is 11.1 Å². The first kappa shape index (κ1) is 15.9. The summed E-state index contributed by atoms with van der Waals surface area (Å²) in [4.78, 5) is 0. The number of anilines is 3. The van der Waals surface area contributed by atoms with Gasteiger partial charge in [-0.3, -0.25) is 0 Å². The molecule has 0 bridgehead atoms. The van der Waals surface area contributed by atoms with Crippen molar-refractivity contribution in [1.29, 1.82) is 0 Å². The number of nitrogen functional groups attached to an aromatic ring is 1. The fraction of sp³-hybridized carbons (Fsp3) is 0.143. The van der Waals surface area contributed by atoms with E-state index in [1.807, 2.05) is 0 Å². The van der Waals surface area contributed by atoms with Gasteiger partial charge in [0.1, 0.15) is 5.82 Å². The van der Waals surface area contributed by atoms with Crippen LogP contribution < -0.4 is 11.1 Å². The van der Waals surface area contributed by atoms with E-state index >= 15 is 0 Å². The molecular formula is C14H11F4IN2. The molecule has 0 aliphatic heterocycles. The molecule has 2 nitrogen and oxygen atoms in total. The molecule has 21 heavy (non-hydrogen) atoms. The van der Waals surface area contributed by atoms with Crippen molar-refractivity contribution in [1.82, 2.24) is 0 Å². The summed E-state index contributed by atoms with van der Waals surface area (Å²) in [6.45, 7) is 1.38. The Morgan fingerprint density at radius 3 is 2.43 bits per heavy atom. The van der Waals surface area contributed by atoms with Crippen LogP contribution in [0.3, 0.4) is 0 Å². The highest BCUT2D eigenvalue weighted by Crippen LogP contribution is 2.35. The monoisotopic (exact) mass is 410 g/mol. The van der Waals surface area contributed by atoms with Crippen LogP contribution in [0.4, 0.5) is 34.6 Å². The number of rotatable bonds is 2. The van der Waals surface area contributed by atoms with Crippen molar-refractivity contribution in [3.63, 3.8) is 0 Å². The largest absolute Gasteiger partial charge is 0.416 e. The lowest BCUT2D eigenvalue weighted by Crippen LogP contribution is -2.08. The molecule has 0 heterocycles. The summed E-state index contributed by atoms with van der Waals surface area (Å²) in [5.41, 5.74) is 5.80. The fourth-order valence-corrected chi connectivity index (χ4v) is 2.32. The first-order valence-corrected chi connectivity index (χ1v) is 6.96. The van der Waals surface area contributed by atoms with E-state index in [1.165, 1.54) is 25.1 Å². The van der Waals surface area contributed by atoms with Gasteiger partial charge in [0.25, 0.3) is 0 Å². The molecule has 0 fully saturated rings. The van der Waals surface area contributed by atoms with Gasteiger partial charge in [-0.15, -0.1) is 0 Å². The third-order valence-corrected chi connectivity index (χ3v) is 3.74. The van der Waals surface area contributed by atoms with Gasteiger partial charge in [-0.2, -0.15) is 13.2 Å². The van der Waals surface area contributed by atoms with Crippen LogP contribution in [0.25, 0.3) is 0 Å². The summed E-state index contributed by atoms with van der Waals surface area (Å²) in [5, 5.41) is 2.71. The number of aryl methyl sites for hydroxylation is 1. The summed E-state index contributed by atoms with van der Waals surface area (Å²) in [7, 11) is 0. The lowest BCUT2D eigenvalue weighted by atomic mass is 10.1. The smallest absolute Gasteiger partial charge is 0.397 e. The van der Waals surface area contributed by atoms with E-state index in [-0.39, 0.29) is 22.6 Å². The minimum atomic E-state index is -4.44. The highest BCUT2D eigenvalue weighted by molar-refractivity contribution is 14.1. The fourth-order valence-electron chi connectivity index (χ4n) is 1.83. The van der Waals surface area contributed by atoms with Gasteiger partial charge in [0.2, 0.25) is 0 Å². The van der Waals surface area contributed by atoms with E-state index in [2.05, 4.69) is 5.32 Å². The highest BCUT2D eigenvalue weighted by atomic mass is 127. The van der Waals surface area contributed by atoms with Crippen LogP contribution in [0, 0.1) is 16.3 Å². The molecule has 0 atom stereocenters. The van der Waals surface area contributed by atoms with Gasteiger partial charge < -0.3 is 11.1 Å². The standard InChI is InChI=1S/C14H11F4IN2/c1-7-2-3-8(4-9(7)14(16,17)18)21-13-5-10(15)11(19)6-12(13)20/h2-6,21H,20H2,1H3. The summed E-state index contributed by atoms with van der Waals surface area (Å²) >= 11 is 1.79. The molecule has 0 aliphatic carbocycles. The lowest BCUT2D eigenvalue weighted by Gasteiger charge is -2.14. The predicted molar refractivity (Wildman–Crippen MR) is 83.0 cm³/mol. The number of hydrogen-bond acceptors (Lipinski definition) is 2. The third kappa shape index (κ3) is 3.58. The van der Waals surface area contributed by atoms with Crippen molar-refractivity contribution >= 4 is 39.7 Å². The van der Waals surface area contributed by atoms with E-state index < -0.39 is 17.6 Å². The minimum Gasteiger partial charge on any atom is -0.397 e. The average molecular weight is 410 g/mol. The van der Waals surface area contributed by atoms with E-state index in [4.69, 9.17) is 5.73 Å². The third-order valence-electron chi connectivity index (χ3n) is 2.91. The van der Waals surface area contributed by atoms with Crippen LogP contribution in [0.15, 0.2) is 30.3 Å². The molecule has 7 heteroatoms. The maximum atomic E-state index is 13.5. The summed E-state index contributed by atoms with van der Waals surface area (Å²) in [5.74, 6) is -0.490. The Kier molecular flexibility index (Phi) is 4.31. The quantitative estimate of drug-likeness (QED) is 0.412. The molecule has 2 aromatic rings. The first-order chi connectivity index (χ1) is 9.68. The van der Waals surface area contributed by atoms with Gasteiger partial charge in [0.05, 0.1) is 20.5 Å².